The Kier molecular flexibility index (Phi) is 4.22. The Labute approximate surface area is 124 Å². The predicted molar refractivity (Wildman–Crippen MR) is 82.0 cm³/mol. The molecule has 2 aromatic rings. The van der Waals surface area contributed by atoms with E-state index in [0.717, 1.165) is 3.57 Å². The van der Waals surface area contributed by atoms with Crippen LogP contribution in [0.5, 0.6) is 0 Å². The Morgan fingerprint density at radius 3 is 2.74 bits per heavy atom. The van der Waals surface area contributed by atoms with Crippen LogP contribution in [0.25, 0.3) is 0 Å². The standard InChI is InChI=1S/C11H11IN4O2S/c12-8-2-1-3-9(6-8)16-19(17,18)11-7-14-5-4-10(11)15-13/h1-7,16H,13H2,(H,14,15). The highest BCUT2D eigenvalue weighted by Crippen LogP contribution is 2.22. The van der Waals surface area contributed by atoms with Crippen LogP contribution < -0.4 is 16.0 Å². The van der Waals surface area contributed by atoms with Gasteiger partial charge in [-0.2, -0.15) is 0 Å². The van der Waals surface area contributed by atoms with E-state index in [0.29, 0.717) is 5.69 Å². The Bertz CT molecular complexity index is 691. The first-order valence-electron chi connectivity index (χ1n) is 5.22. The van der Waals surface area contributed by atoms with Gasteiger partial charge in [0, 0.05) is 21.7 Å². The average molecular weight is 390 g/mol. The van der Waals surface area contributed by atoms with Crippen LogP contribution in [0.3, 0.4) is 0 Å². The van der Waals surface area contributed by atoms with Crippen molar-refractivity contribution >= 4 is 44.0 Å². The number of pyridine rings is 1. The van der Waals surface area contributed by atoms with Gasteiger partial charge in [-0.25, -0.2) is 8.42 Å². The molecule has 0 aliphatic rings. The predicted octanol–water partition coefficient (Wildman–Crippen LogP) is 1.77. The molecule has 0 unspecified atom stereocenters. The molecule has 4 N–H and O–H groups in total. The van der Waals surface area contributed by atoms with Gasteiger partial charge in [-0.05, 0) is 46.9 Å². The highest BCUT2D eigenvalue weighted by Gasteiger charge is 2.18. The SMILES string of the molecule is NNc1ccncc1S(=O)(=O)Nc1cccc(I)c1. The monoisotopic (exact) mass is 390 g/mol. The highest BCUT2D eigenvalue weighted by atomic mass is 127. The first-order chi connectivity index (χ1) is 9.03. The van der Waals surface area contributed by atoms with E-state index in [9.17, 15) is 8.42 Å². The molecule has 1 heterocycles. The molecule has 0 radical (unpaired) electrons. The van der Waals surface area contributed by atoms with Gasteiger partial charge < -0.3 is 5.43 Å². The zero-order valence-corrected chi connectivity index (χ0v) is 12.6. The summed E-state index contributed by atoms with van der Waals surface area (Å²) in [5.41, 5.74) is 3.11. The number of hydrogen-bond donors (Lipinski definition) is 3. The molecule has 0 atom stereocenters. The molecule has 1 aromatic carbocycles. The first kappa shape index (κ1) is 14.0. The van der Waals surface area contributed by atoms with Gasteiger partial charge in [0.1, 0.15) is 4.90 Å². The molecular weight excluding hydrogens is 379 g/mol. The third-order valence-electron chi connectivity index (χ3n) is 2.31. The van der Waals surface area contributed by atoms with Crippen molar-refractivity contribution in [3.63, 3.8) is 0 Å². The van der Waals surface area contributed by atoms with Crippen LogP contribution in [0, 0.1) is 3.57 Å². The maximum Gasteiger partial charge on any atom is 0.265 e. The van der Waals surface area contributed by atoms with E-state index in [-0.39, 0.29) is 10.6 Å². The van der Waals surface area contributed by atoms with Crippen molar-refractivity contribution in [2.75, 3.05) is 10.1 Å². The molecule has 19 heavy (non-hydrogen) atoms. The lowest BCUT2D eigenvalue weighted by molar-refractivity contribution is 0.601. The topological polar surface area (TPSA) is 97.1 Å². The minimum absolute atomic E-state index is 0.00337. The van der Waals surface area contributed by atoms with Crippen molar-refractivity contribution in [1.82, 2.24) is 4.98 Å². The zero-order chi connectivity index (χ0) is 13.9. The molecule has 0 saturated heterocycles. The first-order valence-corrected chi connectivity index (χ1v) is 7.78. The molecule has 0 aliphatic heterocycles. The van der Waals surface area contributed by atoms with Gasteiger partial charge in [0.05, 0.1) is 5.69 Å². The van der Waals surface area contributed by atoms with Crippen molar-refractivity contribution < 1.29 is 8.42 Å². The smallest absolute Gasteiger partial charge is 0.265 e. The quantitative estimate of drug-likeness (QED) is 0.420. The Morgan fingerprint density at radius 2 is 2.05 bits per heavy atom. The third-order valence-corrected chi connectivity index (χ3v) is 4.39. The Morgan fingerprint density at radius 1 is 1.26 bits per heavy atom. The van der Waals surface area contributed by atoms with Gasteiger partial charge in [0.25, 0.3) is 10.0 Å². The molecule has 8 heteroatoms. The van der Waals surface area contributed by atoms with Crippen molar-refractivity contribution in [2.24, 2.45) is 5.84 Å². The van der Waals surface area contributed by atoms with E-state index in [1.54, 1.807) is 18.2 Å². The number of benzene rings is 1. The Hall–Kier alpha value is -1.39. The summed E-state index contributed by atoms with van der Waals surface area (Å²) >= 11 is 2.11. The maximum absolute atomic E-state index is 12.2. The number of hydrogen-bond acceptors (Lipinski definition) is 5. The Balaban J connectivity index is 2.38. The summed E-state index contributed by atoms with van der Waals surface area (Å²) in [6.07, 6.45) is 2.70. The van der Waals surface area contributed by atoms with Gasteiger partial charge in [-0.1, -0.05) is 6.07 Å². The summed E-state index contributed by atoms with van der Waals surface area (Å²) in [7, 11) is -3.73. The third kappa shape index (κ3) is 3.33. The minimum atomic E-state index is -3.73. The molecule has 0 spiro atoms. The second-order valence-corrected chi connectivity index (χ2v) is 6.53. The number of anilines is 2. The number of nitrogens with zero attached hydrogens (tertiary/aromatic N) is 1. The number of rotatable bonds is 4. The van der Waals surface area contributed by atoms with Crippen LogP contribution in [0.2, 0.25) is 0 Å². The number of nitrogens with two attached hydrogens (primary N) is 1. The zero-order valence-electron chi connectivity index (χ0n) is 9.67. The fourth-order valence-electron chi connectivity index (χ4n) is 1.48. The van der Waals surface area contributed by atoms with Crippen LogP contribution >= 0.6 is 22.6 Å². The van der Waals surface area contributed by atoms with E-state index in [1.165, 1.54) is 18.5 Å². The maximum atomic E-state index is 12.2. The van der Waals surface area contributed by atoms with Crippen molar-refractivity contribution in [1.29, 1.82) is 0 Å². The fourth-order valence-corrected chi connectivity index (χ4v) is 3.18. The number of hydrazine groups is 1. The number of nitrogen functional groups attached to an aromatic ring is 1. The van der Waals surface area contributed by atoms with Crippen molar-refractivity contribution in [3.8, 4) is 0 Å². The van der Waals surface area contributed by atoms with Gasteiger partial charge in [0.2, 0.25) is 0 Å². The molecule has 0 saturated carbocycles. The lowest BCUT2D eigenvalue weighted by Gasteiger charge is -2.11. The minimum Gasteiger partial charge on any atom is -0.323 e. The van der Waals surface area contributed by atoms with Crippen molar-refractivity contribution in [2.45, 2.75) is 4.90 Å². The molecule has 0 aliphatic carbocycles. The number of aromatic nitrogens is 1. The summed E-state index contributed by atoms with van der Waals surface area (Å²) < 4.78 is 27.9. The molecule has 0 amide bonds. The summed E-state index contributed by atoms with van der Waals surface area (Å²) in [6.45, 7) is 0. The van der Waals surface area contributed by atoms with Crippen LogP contribution in [-0.2, 0) is 10.0 Å². The fraction of sp³-hybridized carbons (Fsp3) is 0. The van der Waals surface area contributed by atoms with Crippen LogP contribution in [0.15, 0.2) is 47.6 Å². The van der Waals surface area contributed by atoms with E-state index >= 15 is 0 Å². The van der Waals surface area contributed by atoms with E-state index in [2.05, 4.69) is 37.7 Å². The average Bonchev–Trinajstić information content (AvgIpc) is 2.38. The number of halogens is 1. The molecule has 6 nitrogen and oxygen atoms in total. The van der Waals surface area contributed by atoms with Crippen LogP contribution in [0.4, 0.5) is 11.4 Å². The normalized spacial score (nSPS) is 11.1. The molecule has 100 valence electrons. The highest BCUT2D eigenvalue weighted by molar-refractivity contribution is 14.1. The van der Waals surface area contributed by atoms with E-state index in [4.69, 9.17) is 5.84 Å². The molecular formula is C11H11IN4O2S. The summed E-state index contributed by atoms with van der Waals surface area (Å²) in [6, 6.07) is 8.53. The largest absolute Gasteiger partial charge is 0.323 e. The second-order valence-electron chi connectivity index (χ2n) is 3.63. The summed E-state index contributed by atoms with van der Waals surface area (Å²) in [5.74, 6) is 5.29. The summed E-state index contributed by atoms with van der Waals surface area (Å²) in [5, 5.41) is 0. The number of nitrogens with one attached hydrogen (secondary N) is 2. The summed E-state index contributed by atoms with van der Waals surface area (Å²) in [4.78, 5) is 3.80. The lowest BCUT2D eigenvalue weighted by atomic mass is 10.3. The van der Waals surface area contributed by atoms with E-state index in [1.807, 2.05) is 6.07 Å². The van der Waals surface area contributed by atoms with Gasteiger partial charge in [0.15, 0.2) is 0 Å². The molecule has 0 bridgehead atoms. The van der Waals surface area contributed by atoms with Crippen LogP contribution in [-0.4, -0.2) is 13.4 Å². The molecule has 0 fully saturated rings. The van der Waals surface area contributed by atoms with E-state index < -0.39 is 10.0 Å². The number of sulfonamides is 1. The van der Waals surface area contributed by atoms with Crippen molar-refractivity contribution in [3.05, 3.63) is 46.3 Å². The molecule has 1 aromatic heterocycles. The lowest BCUT2D eigenvalue weighted by Crippen LogP contribution is -2.17. The van der Waals surface area contributed by atoms with Gasteiger partial charge >= 0.3 is 0 Å². The van der Waals surface area contributed by atoms with Gasteiger partial charge in [-0.15, -0.1) is 0 Å². The molecule has 2 rings (SSSR count). The van der Waals surface area contributed by atoms with Crippen LogP contribution in [0.1, 0.15) is 0 Å². The second kappa shape index (κ2) is 5.72. The van der Waals surface area contributed by atoms with Gasteiger partial charge in [-0.3, -0.25) is 15.5 Å².